The summed E-state index contributed by atoms with van der Waals surface area (Å²) in [5, 5.41) is 0.670. The van der Waals surface area contributed by atoms with Gasteiger partial charge in [-0.2, -0.15) is 4.57 Å². The third-order valence-corrected chi connectivity index (χ3v) is 5.52. The standard InChI is InChI=1S/C23H23ClNO3/c1-15-19(28-14-16-7-5-4-6-8-16)13-22(24)25-10-9-17-11-20(26-2)21(27-3)12-18(17)23(15)25/h4-8,11-13H,9-10,14H2,1-3H3/q+1. The summed E-state index contributed by atoms with van der Waals surface area (Å²) in [5.41, 5.74) is 5.58. The van der Waals surface area contributed by atoms with E-state index in [1.54, 1.807) is 14.2 Å². The van der Waals surface area contributed by atoms with Crippen molar-refractivity contribution in [3.8, 4) is 28.5 Å². The van der Waals surface area contributed by atoms with Crippen LogP contribution in [0.2, 0.25) is 5.15 Å². The van der Waals surface area contributed by atoms with Crippen LogP contribution >= 0.6 is 11.6 Å². The Bertz CT molecular complexity index is 1020. The summed E-state index contributed by atoms with van der Waals surface area (Å²) in [6.07, 6.45) is 0.886. The molecule has 2 aromatic carbocycles. The highest BCUT2D eigenvalue weighted by molar-refractivity contribution is 6.28. The van der Waals surface area contributed by atoms with Gasteiger partial charge in [0.15, 0.2) is 18.0 Å². The summed E-state index contributed by atoms with van der Waals surface area (Å²) in [7, 11) is 3.31. The molecule has 1 aromatic heterocycles. The number of hydrogen-bond acceptors (Lipinski definition) is 3. The Balaban J connectivity index is 1.78. The number of rotatable bonds is 5. The van der Waals surface area contributed by atoms with Crippen LogP contribution in [0.5, 0.6) is 17.2 Å². The van der Waals surface area contributed by atoms with Crippen molar-refractivity contribution in [2.75, 3.05) is 14.2 Å². The molecule has 0 radical (unpaired) electrons. The molecule has 4 nitrogen and oxygen atoms in total. The average Bonchev–Trinajstić information content (AvgIpc) is 2.74. The zero-order valence-corrected chi connectivity index (χ0v) is 17.0. The number of halogens is 1. The van der Waals surface area contributed by atoms with E-state index >= 15 is 0 Å². The van der Waals surface area contributed by atoms with E-state index in [-0.39, 0.29) is 0 Å². The molecule has 3 aromatic rings. The molecule has 144 valence electrons. The number of methoxy groups -OCH3 is 2. The smallest absolute Gasteiger partial charge is 0.279 e. The first-order valence-corrected chi connectivity index (χ1v) is 9.65. The molecule has 0 spiro atoms. The Hall–Kier alpha value is -2.72. The van der Waals surface area contributed by atoms with E-state index in [0.29, 0.717) is 17.5 Å². The van der Waals surface area contributed by atoms with Crippen molar-refractivity contribution in [3.05, 3.63) is 70.4 Å². The molecule has 1 aliphatic heterocycles. The fourth-order valence-corrected chi connectivity index (χ4v) is 4.02. The topological polar surface area (TPSA) is 31.6 Å². The van der Waals surface area contributed by atoms with E-state index in [4.69, 9.17) is 25.8 Å². The molecule has 0 saturated carbocycles. The first-order valence-electron chi connectivity index (χ1n) is 9.27. The van der Waals surface area contributed by atoms with E-state index in [2.05, 4.69) is 29.7 Å². The highest BCUT2D eigenvalue weighted by Crippen LogP contribution is 2.40. The molecule has 0 fully saturated rings. The number of benzene rings is 2. The Morgan fingerprint density at radius 3 is 2.39 bits per heavy atom. The monoisotopic (exact) mass is 396 g/mol. The first kappa shape index (κ1) is 18.6. The number of nitrogens with zero attached hydrogens (tertiary/aromatic N) is 1. The minimum absolute atomic E-state index is 0.500. The Kier molecular flexibility index (Phi) is 5.14. The van der Waals surface area contributed by atoms with E-state index in [0.717, 1.165) is 46.8 Å². The SMILES string of the molecule is COc1cc2c(cc1OC)-c1c(C)c(OCc3ccccc3)cc(Cl)[n+]1CC2. The number of aryl methyl sites for hydroxylation is 1. The van der Waals surface area contributed by atoms with Crippen LogP contribution in [-0.2, 0) is 19.6 Å². The second-order valence-corrected chi connectivity index (χ2v) is 7.23. The van der Waals surface area contributed by atoms with Crippen molar-refractivity contribution in [3.63, 3.8) is 0 Å². The maximum atomic E-state index is 6.63. The fraction of sp³-hybridized carbons (Fsp3) is 0.261. The van der Waals surface area contributed by atoms with Gasteiger partial charge in [-0.15, -0.1) is 0 Å². The highest BCUT2D eigenvalue weighted by atomic mass is 35.5. The fourth-order valence-electron chi connectivity index (χ4n) is 3.75. The van der Waals surface area contributed by atoms with Gasteiger partial charge in [0.25, 0.3) is 5.15 Å². The van der Waals surface area contributed by atoms with Gasteiger partial charge in [-0.25, -0.2) is 0 Å². The molecular weight excluding hydrogens is 374 g/mol. The van der Waals surface area contributed by atoms with Gasteiger partial charge in [-0.1, -0.05) is 30.3 Å². The van der Waals surface area contributed by atoms with Gasteiger partial charge >= 0.3 is 0 Å². The predicted molar refractivity (Wildman–Crippen MR) is 109 cm³/mol. The van der Waals surface area contributed by atoms with Crippen molar-refractivity contribution in [2.45, 2.75) is 26.5 Å². The number of ether oxygens (including phenoxy) is 3. The summed E-state index contributed by atoms with van der Waals surface area (Å²) >= 11 is 6.63. The number of fused-ring (bicyclic) bond motifs is 3. The number of pyridine rings is 1. The minimum Gasteiger partial charge on any atom is -0.493 e. The highest BCUT2D eigenvalue weighted by Gasteiger charge is 2.31. The van der Waals surface area contributed by atoms with Crippen molar-refractivity contribution >= 4 is 11.6 Å². The van der Waals surface area contributed by atoms with Crippen molar-refractivity contribution in [1.29, 1.82) is 0 Å². The largest absolute Gasteiger partial charge is 0.493 e. The molecule has 0 N–H and O–H groups in total. The normalized spacial score (nSPS) is 12.1. The molecule has 28 heavy (non-hydrogen) atoms. The van der Waals surface area contributed by atoms with Crippen molar-refractivity contribution in [1.82, 2.24) is 0 Å². The van der Waals surface area contributed by atoms with Gasteiger partial charge in [0.05, 0.1) is 31.4 Å². The molecule has 0 bridgehead atoms. The van der Waals surface area contributed by atoms with E-state index in [9.17, 15) is 0 Å². The van der Waals surface area contributed by atoms with E-state index in [1.807, 2.05) is 30.3 Å². The molecule has 1 aliphatic rings. The van der Waals surface area contributed by atoms with Crippen LogP contribution in [-0.4, -0.2) is 14.2 Å². The lowest BCUT2D eigenvalue weighted by atomic mass is 9.94. The van der Waals surface area contributed by atoms with Gasteiger partial charge in [0.2, 0.25) is 5.69 Å². The lowest BCUT2D eigenvalue weighted by Gasteiger charge is -2.21. The summed E-state index contributed by atoms with van der Waals surface area (Å²) in [5.74, 6) is 2.25. The lowest BCUT2D eigenvalue weighted by molar-refractivity contribution is -0.685. The molecule has 0 amide bonds. The van der Waals surface area contributed by atoms with E-state index in [1.165, 1.54) is 5.56 Å². The summed E-state index contributed by atoms with van der Waals surface area (Å²) in [4.78, 5) is 0. The third-order valence-electron chi connectivity index (χ3n) is 5.21. The number of aromatic nitrogens is 1. The van der Waals surface area contributed by atoms with Crippen molar-refractivity contribution < 1.29 is 18.8 Å². The van der Waals surface area contributed by atoms with Crippen LogP contribution in [0.4, 0.5) is 0 Å². The quantitative estimate of drug-likeness (QED) is 0.460. The molecule has 0 unspecified atom stereocenters. The molecule has 0 saturated heterocycles. The van der Waals surface area contributed by atoms with Gasteiger partial charge < -0.3 is 14.2 Å². The average molecular weight is 397 g/mol. The number of hydrogen-bond donors (Lipinski definition) is 0. The van der Waals surface area contributed by atoms with Gasteiger partial charge in [-0.3, -0.25) is 0 Å². The van der Waals surface area contributed by atoms with Gasteiger partial charge in [-0.05, 0) is 41.8 Å². The Morgan fingerprint density at radius 2 is 1.68 bits per heavy atom. The van der Waals surface area contributed by atoms with Crippen LogP contribution in [0.1, 0.15) is 16.7 Å². The lowest BCUT2D eigenvalue weighted by Crippen LogP contribution is -2.42. The Labute approximate surface area is 170 Å². The van der Waals surface area contributed by atoms with Gasteiger partial charge in [0, 0.05) is 6.42 Å². The van der Waals surface area contributed by atoms with Crippen LogP contribution in [0.25, 0.3) is 11.3 Å². The minimum atomic E-state index is 0.500. The first-order chi connectivity index (χ1) is 13.6. The molecule has 4 rings (SSSR count). The second kappa shape index (κ2) is 7.72. The maximum Gasteiger partial charge on any atom is 0.279 e. The zero-order valence-electron chi connectivity index (χ0n) is 16.3. The predicted octanol–water partition coefficient (Wildman–Crippen LogP) is 4.76. The second-order valence-electron chi connectivity index (χ2n) is 6.85. The molecule has 2 heterocycles. The third kappa shape index (κ3) is 3.29. The van der Waals surface area contributed by atoms with Gasteiger partial charge in [0.1, 0.15) is 12.4 Å². The van der Waals surface area contributed by atoms with Crippen LogP contribution in [0.15, 0.2) is 48.5 Å². The molecule has 0 atom stereocenters. The summed E-state index contributed by atoms with van der Waals surface area (Å²) in [6.45, 7) is 3.39. The van der Waals surface area contributed by atoms with Crippen LogP contribution in [0.3, 0.4) is 0 Å². The maximum absolute atomic E-state index is 6.63. The summed E-state index contributed by atoms with van der Waals surface area (Å²) < 4.78 is 19.3. The summed E-state index contributed by atoms with van der Waals surface area (Å²) in [6, 6.07) is 16.1. The van der Waals surface area contributed by atoms with Crippen LogP contribution in [0, 0.1) is 6.92 Å². The molecule has 0 aliphatic carbocycles. The van der Waals surface area contributed by atoms with E-state index < -0.39 is 0 Å². The van der Waals surface area contributed by atoms with Crippen LogP contribution < -0.4 is 18.8 Å². The Morgan fingerprint density at radius 1 is 0.964 bits per heavy atom. The van der Waals surface area contributed by atoms with Crippen molar-refractivity contribution in [2.24, 2.45) is 0 Å². The molecule has 5 heteroatoms. The molecular formula is C23H23ClNO3+. The zero-order chi connectivity index (χ0) is 19.7.